The average molecular weight is 283 g/mol. The highest BCUT2D eigenvalue weighted by Crippen LogP contribution is 2.16. The fraction of sp³-hybridized carbons (Fsp3) is 0.462. The number of hydrogen-bond acceptors (Lipinski definition) is 4. The van der Waals surface area contributed by atoms with Crippen LogP contribution in [0.4, 0.5) is 0 Å². The third-order valence-corrected chi connectivity index (χ3v) is 4.75. The molecule has 5 nitrogen and oxygen atoms in total. The zero-order valence-electron chi connectivity index (χ0n) is 10.8. The van der Waals surface area contributed by atoms with Gasteiger partial charge in [0.25, 0.3) is 5.91 Å². The van der Waals surface area contributed by atoms with Crippen LogP contribution in [0.2, 0.25) is 0 Å². The molecule has 0 aromatic heterocycles. The molecular formula is C13H17NO4S. The number of hydrogen-bond donors (Lipinski definition) is 0. The van der Waals surface area contributed by atoms with Gasteiger partial charge in [-0.15, -0.1) is 0 Å². The number of carbonyl (C=O) groups is 1. The molecule has 1 aromatic rings. The van der Waals surface area contributed by atoms with Crippen molar-refractivity contribution in [1.82, 2.24) is 4.90 Å². The van der Waals surface area contributed by atoms with Crippen LogP contribution in [0.15, 0.2) is 24.3 Å². The van der Waals surface area contributed by atoms with Crippen LogP contribution in [-0.2, 0) is 14.6 Å². The minimum atomic E-state index is -2.96. The standard InChI is InChI=1S/C13H17NO4S/c1-11-4-2-3-5-12(11)18-10-13(15)14-6-8-19(16,17)9-7-14/h2-5H,6-10H2,1H3. The molecule has 1 amide bonds. The van der Waals surface area contributed by atoms with E-state index in [-0.39, 0.29) is 37.1 Å². The van der Waals surface area contributed by atoms with Gasteiger partial charge in [-0.2, -0.15) is 0 Å². The second kappa shape index (κ2) is 5.61. The molecule has 1 aromatic carbocycles. The maximum Gasteiger partial charge on any atom is 0.260 e. The molecular weight excluding hydrogens is 266 g/mol. The Kier molecular flexibility index (Phi) is 4.09. The molecule has 0 unspecified atom stereocenters. The molecule has 6 heteroatoms. The lowest BCUT2D eigenvalue weighted by atomic mass is 10.2. The second-order valence-corrected chi connectivity index (χ2v) is 6.89. The first-order valence-corrected chi connectivity index (χ1v) is 7.97. The van der Waals surface area contributed by atoms with E-state index < -0.39 is 9.84 Å². The average Bonchev–Trinajstić information content (AvgIpc) is 2.37. The van der Waals surface area contributed by atoms with Crippen LogP contribution < -0.4 is 4.74 Å². The SMILES string of the molecule is Cc1ccccc1OCC(=O)N1CCS(=O)(=O)CC1. The molecule has 0 N–H and O–H groups in total. The summed E-state index contributed by atoms with van der Waals surface area (Å²) in [5.74, 6) is 0.602. The lowest BCUT2D eigenvalue weighted by Crippen LogP contribution is -2.45. The van der Waals surface area contributed by atoms with Gasteiger partial charge < -0.3 is 9.64 Å². The number of carbonyl (C=O) groups excluding carboxylic acids is 1. The van der Waals surface area contributed by atoms with E-state index in [0.717, 1.165) is 5.56 Å². The Morgan fingerprint density at radius 2 is 1.89 bits per heavy atom. The van der Waals surface area contributed by atoms with Crippen LogP contribution in [0.5, 0.6) is 5.75 Å². The van der Waals surface area contributed by atoms with Crippen molar-refractivity contribution < 1.29 is 17.9 Å². The lowest BCUT2D eigenvalue weighted by Gasteiger charge is -2.26. The number of amides is 1. The molecule has 0 spiro atoms. The Morgan fingerprint density at radius 3 is 2.53 bits per heavy atom. The summed E-state index contributed by atoms with van der Waals surface area (Å²) < 4.78 is 28.0. The van der Waals surface area contributed by atoms with E-state index in [0.29, 0.717) is 5.75 Å². The summed E-state index contributed by atoms with van der Waals surface area (Å²) in [6.45, 7) is 2.38. The van der Waals surface area contributed by atoms with E-state index in [9.17, 15) is 13.2 Å². The monoisotopic (exact) mass is 283 g/mol. The Balaban J connectivity index is 1.87. The van der Waals surface area contributed by atoms with Gasteiger partial charge >= 0.3 is 0 Å². The van der Waals surface area contributed by atoms with Crippen LogP contribution in [0.1, 0.15) is 5.56 Å². The number of para-hydroxylation sites is 1. The number of sulfone groups is 1. The normalized spacial score (nSPS) is 18.1. The molecule has 1 fully saturated rings. The maximum atomic E-state index is 11.9. The Bertz CT molecular complexity index is 554. The topological polar surface area (TPSA) is 63.7 Å². The highest BCUT2D eigenvalue weighted by molar-refractivity contribution is 7.91. The number of nitrogens with zero attached hydrogens (tertiary/aromatic N) is 1. The van der Waals surface area contributed by atoms with Gasteiger partial charge in [-0.05, 0) is 18.6 Å². The molecule has 1 aliphatic rings. The van der Waals surface area contributed by atoms with Crippen molar-refractivity contribution in [3.05, 3.63) is 29.8 Å². The van der Waals surface area contributed by atoms with Gasteiger partial charge in [0, 0.05) is 13.1 Å². The van der Waals surface area contributed by atoms with E-state index in [4.69, 9.17) is 4.74 Å². The Hall–Kier alpha value is -1.56. The van der Waals surface area contributed by atoms with Crippen LogP contribution >= 0.6 is 0 Å². The molecule has 104 valence electrons. The first-order chi connectivity index (χ1) is 8.98. The summed E-state index contributed by atoms with van der Waals surface area (Å²) in [5, 5.41) is 0. The van der Waals surface area contributed by atoms with E-state index in [1.54, 1.807) is 4.90 Å². The minimum Gasteiger partial charge on any atom is -0.484 e. The van der Waals surface area contributed by atoms with Crippen LogP contribution in [0.25, 0.3) is 0 Å². The first kappa shape index (κ1) is 13.9. The van der Waals surface area contributed by atoms with Gasteiger partial charge in [0.05, 0.1) is 11.5 Å². The lowest BCUT2D eigenvalue weighted by molar-refractivity contribution is -0.133. The molecule has 2 rings (SSSR count). The van der Waals surface area contributed by atoms with Gasteiger partial charge in [-0.1, -0.05) is 18.2 Å². The van der Waals surface area contributed by atoms with Gasteiger partial charge in [-0.3, -0.25) is 4.79 Å². The highest BCUT2D eigenvalue weighted by Gasteiger charge is 2.25. The smallest absolute Gasteiger partial charge is 0.260 e. The number of benzene rings is 1. The Labute approximate surface area is 113 Å². The predicted octanol–water partition coefficient (Wildman–Crippen LogP) is 0.631. The van der Waals surface area contributed by atoms with Crippen LogP contribution in [-0.4, -0.2) is 50.4 Å². The third-order valence-electron chi connectivity index (χ3n) is 3.14. The number of aryl methyl sites for hydroxylation is 1. The van der Waals surface area contributed by atoms with Gasteiger partial charge in [-0.25, -0.2) is 8.42 Å². The minimum absolute atomic E-state index is 0.0447. The van der Waals surface area contributed by atoms with Crippen molar-refractivity contribution in [3.63, 3.8) is 0 Å². The van der Waals surface area contributed by atoms with Crippen molar-refractivity contribution >= 4 is 15.7 Å². The van der Waals surface area contributed by atoms with E-state index in [2.05, 4.69) is 0 Å². The summed E-state index contributed by atoms with van der Waals surface area (Å²) in [6, 6.07) is 7.47. The third kappa shape index (κ3) is 3.70. The summed E-state index contributed by atoms with van der Waals surface area (Å²) in [5.41, 5.74) is 0.969. The van der Waals surface area contributed by atoms with Crippen LogP contribution in [0, 0.1) is 6.92 Å². The summed E-state index contributed by atoms with van der Waals surface area (Å²) in [4.78, 5) is 13.4. The zero-order valence-corrected chi connectivity index (χ0v) is 11.6. The van der Waals surface area contributed by atoms with E-state index in [1.165, 1.54) is 0 Å². The van der Waals surface area contributed by atoms with Crippen molar-refractivity contribution in [3.8, 4) is 5.75 Å². The summed E-state index contributed by atoms with van der Waals surface area (Å²) >= 11 is 0. The van der Waals surface area contributed by atoms with Crippen molar-refractivity contribution in [1.29, 1.82) is 0 Å². The molecule has 0 atom stereocenters. The molecule has 0 bridgehead atoms. The fourth-order valence-electron chi connectivity index (χ4n) is 1.91. The molecule has 1 aliphatic heterocycles. The Morgan fingerprint density at radius 1 is 1.26 bits per heavy atom. The molecule has 0 radical (unpaired) electrons. The largest absolute Gasteiger partial charge is 0.484 e. The van der Waals surface area contributed by atoms with Gasteiger partial charge in [0.1, 0.15) is 5.75 Å². The molecule has 1 heterocycles. The zero-order chi connectivity index (χ0) is 13.9. The highest BCUT2D eigenvalue weighted by atomic mass is 32.2. The van der Waals surface area contributed by atoms with Crippen LogP contribution in [0.3, 0.4) is 0 Å². The van der Waals surface area contributed by atoms with Crippen molar-refractivity contribution in [2.45, 2.75) is 6.92 Å². The fourth-order valence-corrected chi connectivity index (χ4v) is 3.11. The number of ether oxygens (including phenoxy) is 1. The second-order valence-electron chi connectivity index (χ2n) is 4.59. The summed E-state index contributed by atoms with van der Waals surface area (Å²) in [7, 11) is -2.96. The predicted molar refractivity (Wildman–Crippen MR) is 71.9 cm³/mol. The van der Waals surface area contributed by atoms with E-state index >= 15 is 0 Å². The molecule has 19 heavy (non-hydrogen) atoms. The first-order valence-electron chi connectivity index (χ1n) is 6.14. The van der Waals surface area contributed by atoms with Gasteiger partial charge in [0.15, 0.2) is 16.4 Å². The van der Waals surface area contributed by atoms with Crippen molar-refractivity contribution in [2.24, 2.45) is 0 Å². The summed E-state index contributed by atoms with van der Waals surface area (Å²) in [6.07, 6.45) is 0. The number of rotatable bonds is 3. The molecule has 1 saturated heterocycles. The van der Waals surface area contributed by atoms with Gasteiger partial charge in [0.2, 0.25) is 0 Å². The van der Waals surface area contributed by atoms with Crippen molar-refractivity contribution in [2.75, 3.05) is 31.2 Å². The maximum absolute atomic E-state index is 11.9. The quantitative estimate of drug-likeness (QED) is 0.816. The van der Waals surface area contributed by atoms with E-state index in [1.807, 2.05) is 31.2 Å². The molecule has 0 saturated carbocycles. The molecule has 0 aliphatic carbocycles.